The molecule has 0 spiro atoms. The van der Waals surface area contributed by atoms with Gasteiger partial charge in [0.2, 0.25) is 0 Å². The van der Waals surface area contributed by atoms with E-state index in [4.69, 9.17) is 0 Å². The lowest BCUT2D eigenvalue weighted by atomic mass is 9.70. The Hall–Kier alpha value is -1.72. The number of carbonyl (C=O) groups is 1. The zero-order chi connectivity index (χ0) is 37.4. The van der Waals surface area contributed by atoms with Gasteiger partial charge in [-0.05, 0) is 12.8 Å². The van der Waals surface area contributed by atoms with Gasteiger partial charge in [0.25, 0.3) is 0 Å². The van der Waals surface area contributed by atoms with Gasteiger partial charge < -0.3 is 5.11 Å². The molecule has 0 amide bonds. The first-order valence-corrected chi connectivity index (χ1v) is 15.0. The Morgan fingerprint density at radius 3 is 0.915 bits per heavy atom. The molecule has 0 aromatic rings. The maximum atomic E-state index is 15.1. The quantitative estimate of drug-likeness (QED) is 0.0793. The van der Waals surface area contributed by atoms with Crippen molar-refractivity contribution in [2.24, 2.45) is 5.41 Å². The average molecular weight is 731 g/mol. The monoisotopic (exact) mass is 730 g/mol. The van der Waals surface area contributed by atoms with E-state index in [1.807, 2.05) is 0 Å². The van der Waals surface area contributed by atoms with Crippen molar-refractivity contribution >= 4 is 5.97 Å². The molecule has 0 aliphatic heterocycles. The van der Waals surface area contributed by atoms with Crippen molar-refractivity contribution in [3.05, 3.63) is 0 Å². The average Bonchev–Trinajstić information content (AvgIpc) is 2.93. The molecule has 0 radical (unpaired) electrons. The highest BCUT2D eigenvalue weighted by molar-refractivity contribution is 5.76. The van der Waals surface area contributed by atoms with Crippen molar-refractivity contribution in [2.45, 2.75) is 164 Å². The number of hydrogen-bond donors (Lipinski definition) is 1. The molecule has 47 heavy (non-hydrogen) atoms. The van der Waals surface area contributed by atoms with Crippen LogP contribution in [0.1, 0.15) is 117 Å². The van der Waals surface area contributed by atoms with Gasteiger partial charge in [-0.2, -0.15) is 74.6 Å². The van der Waals surface area contributed by atoms with Crippen molar-refractivity contribution in [1.29, 1.82) is 0 Å². The highest BCUT2D eigenvalue weighted by atomic mass is 19.4. The van der Waals surface area contributed by atoms with E-state index in [0.29, 0.717) is 19.8 Å². The normalized spacial score (nSPS) is 16.0. The van der Waals surface area contributed by atoms with Crippen LogP contribution in [0.4, 0.5) is 74.6 Å². The third kappa shape index (κ3) is 8.54. The minimum atomic E-state index is -8.76. The molecule has 0 aromatic heterocycles. The molecule has 0 heterocycles. The van der Waals surface area contributed by atoms with E-state index in [9.17, 15) is 75.8 Å². The van der Waals surface area contributed by atoms with Crippen molar-refractivity contribution in [2.75, 3.05) is 0 Å². The first-order chi connectivity index (χ1) is 21.1. The Morgan fingerprint density at radius 1 is 0.404 bits per heavy atom. The molecule has 1 unspecified atom stereocenters. The van der Waals surface area contributed by atoms with Crippen LogP contribution in [0.2, 0.25) is 0 Å². The van der Waals surface area contributed by atoms with Gasteiger partial charge in [0.05, 0.1) is 0 Å². The van der Waals surface area contributed by atoms with Crippen molar-refractivity contribution in [3.63, 3.8) is 0 Å². The predicted molar refractivity (Wildman–Crippen MR) is 136 cm³/mol. The fraction of sp³-hybridized carbons (Fsp3) is 0.964. The van der Waals surface area contributed by atoms with Crippen LogP contribution >= 0.6 is 0 Å². The van der Waals surface area contributed by atoms with Crippen molar-refractivity contribution < 1.29 is 84.5 Å². The molecule has 282 valence electrons. The molecule has 0 bridgehead atoms. The van der Waals surface area contributed by atoms with Gasteiger partial charge in [0, 0.05) is 0 Å². The van der Waals surface area contributed by atoms with Gasteiger partial charge in [0.1, 0.15) is 5.41 Å². The number of hydrogen-bond acceptors (Lipinski definition) is 1. The Labute approximate surface area is 260 Å². The lowest BCUT2D eigenvalue weighted by Gasteiger charge is -2.46. The molecule has 0 aromatic carbocycles. The van der Waals surface area contributed by atoms with Crippen LogP contribution in [0.3, 0.4) is 0 Å². The van der Waals surface area contributed by atoms with Crippen LogP contribution in [-0.2, 0) is 4.79 Å². The van der Waals surface area contributed by atoms with E-state index in [0.717, 1.165) is 57.8 Å². The number of aliphatic carboxylic acids is 1. The highest BCUT2D eigenvalue weighted by Gasteiger charge is 2.96. The van der Waals surface area contributed by atoms with Gasteiger partial charge in [-0.1, -0.05) is 104 Å². The summed E-state index contributed by atoms with van der Waals surface area (Å²) in [7, 11) is 0. The van der Waals surface area contributed by atoms with Crippen LogP contribution in [0, 0.1) is 5.41 Å². The first-order valence-electron chi connectivity index (χ1n) is 15.0. The lowest BCUT2D eigenvalue weighted by Crippen LogP contribution is -2.76. The van der Waals surface area contributed by atoms with Gasteiger partial charge in [-0.25, -0.2) is 0 Å². The summed E-state index contributed by atoms with van der Waals surface area (Å²) in [6.07, 6.45) is -1.77. The molecule has 0 aliphatic carbocycles. The summed E-state index contributed by atoms with van der Waals surface area (Å²) >= 11 is 0. The summed E-state index contributed by atoms with van der Waals surface area (Å²) in [5, 5.41) is 9.34. The number of unbranched alkanes of at least 4 members (excludes halogenated alkanes) is 13. The second kappa shape index (κ2) is 16.3. The molecular formula is C28H39F17O2. The second-order valence-corrected chi connectivity index (χ2v) is 11.6. The molecule has 0 fully saturated rings. The van der Waals surface area contributed by atoms with E-state index in [1.165, 1.54) is 0 Å². The van der Waals surface area contributed by atoms with Crippen LogP contribution in [-0.4, -0.2) is 58.7 Å². The largest absolute Gasteiger partial charge is 0.481 e. The third-order valence-corrected chi connectivity index (χ3v) is 8.29. The molecule has 0 saturated carbocycles. The molecule has 1 N–H and O–H groups in total. The third-order valence-electron chi connectivity index (χ3n) is 8.29. The highest BCUT2D eigenvalue weighted by Crippen LogP contribution is 2.66. The molecule has 19 heteroatoms. The molecular weight excluding hydrogens is 691 g/mol. The Morgan fingerprint density at radius 2 is 0.660 bits per heavy atom. The summed E-state index contributed by atoms with van der Waals surface area (Å²) in [5.74, 6) is -60.9. The maximum absolute atomic E-state index is 15.1. The summed E-state index contributed by atoms with van der Waals surface area (Å²) in [6, 6.07) is 0. The van der Waals surface area contributed by atoms with Crippen molar-refractivity contribution in [3.8, 4) is 0 Å². The predicted octanol–water partition coefficient (Wildman–Crippen LogP) is 12.3. The fourth-order valence-electron chi connectivity index (χ4n) is 5.03. The van der Waals surface area contributed by atoms with Gasteiger partial charge in [-0.3, -0.25) is 4.79 Å². The van der Waals surface area contributed by atoms with Gasteiger partial charge in [-0.15, -0.1) is 0 Å². The van der Waals surface area contributed by atoms with E-state index in [2.05, 4.69) is 6.92 Å². The minimum Gasteiger partial charge on any atom is -0.481 e. The lowest BCUT2D eigenvalue weighted by molar-refractivity contribution is -0.465. The number of alkyl halides is 17. The Kier molecular flexibility index (Phi) is 15.7. The second-order valence-electron chi connectivity index (χ2n) is 11.6. The minimum absolute atomic E-state index is 0.182. The van der Waals surface area contributed by atoms with E-state index < -0.39 is 78.3 Å². The zero-order valence-electron chi connectivity index (χ0n) is 25.6. The van der Waals surface area contributed by atoms with Crippen LogP contribution in [0.5, 0.6) is 0 Å². The fourth-order valence-corrected chi connectivity index (χ4v) is 5.03. The number of rotatable bonds is 24. The first kappa shape index (κ1) is 45.3. The topological polar surface area (TPSA) is 37.3 Å². The Bertz CT molecular complexity index is 963. The number of carboxylic acid groups (broad SMARTS) is 1. The SMILES string of the molecule is CCCCCCCCCCCCCCCCC(CC)(C(=O)O)C(F)(F)C(F)(F)C(F)(F)C(F)(F)C(F)(F)C(F)(F)C(F)(F)C(F)(F)F. The Balaban J connectivity index is 5.86. The smallest absolute Gasteiger partial charge is 0.460 e. The summed E-state index contributed by atoms with van der Waals surface area (Å²) < 4.78 is 233. The molecule has 0 rings (SSSR count). The van der Waals surface area contributed by atoms with Gasteiger partial charge in [0.15, 0.2) is 0 Å². The molecule has 1 atom stereocenters. The standard InChI is InChI=1S/C28H39F17O2/c1-3-5-6-7-8-9-10-11-12-13-14-15-16-17-18-20(4-2,19(46)47)21(29,30)22(31,32)23(33,34)24(35,36)25(37,38)26(39,40)27(41,42)28(43,44)45/h3-18H2,1-2H3,(H,46,47). The number of carboxylic acids is 1. The maximum Gasteiger partial charge on any atom is 0.460 e. The van der Waals surface area contributed by atoms with Gasteiger partial charge >= 0.3 is 53.6 Å². The van der Waals surface area contributed by atoms with E-state index >= 15 is 8.78 Å². The van der Waals surface area contributed by atoms with Crippen LogP contribution < -0.4 is 0 Å². The van der Waals surface area contributed by atoms with Crippen LogP contribution in [0.25, 0.3) is 0 Å². The summed E-state index contributed by atoms with van der Waals surface area (Å²) in [4.78, 5) is 11.7. The molecule has 2 nitrogen and oxygen atoms in total. The zero-order valence-corrected chi connectivity index (χ0v) is 25.6. The summed E-state index contributed by atoms with van der Waals surface area (Å²) in [6.45, 7) is 2.47. The van der Waals surface area contributed by atoms with E-state index in [1.54, 1.807) is 0 Å². The van der Waals surface area contributed by atoms with E-state index in [-0.39, 0.29) is 12.8 Å². The molecule has 0 saturated heterocycles. The summed E-state index contributed by atoms with van der Waals surface area (Å²) in [5.41, 5.74) is -4.43. The molecule has 0 aliphatic rings. The number of halogens is 17. The van der Waals surface area contributed by atoms with Crippen molar-refractivity contribution in [1.82, 2.24) is 0 Å². The van der Waals surface area contributed by atoms with Crippen LogP contribution in [0.15, 0.2) is 0 Å².